The molecule has 0 unspecified atom stereocenters. The Morgan fingerprint density at radius 1 is 1.21 bits per heavy atom. The molecule has 3 N–H and O–H groups in total. The number of nitrogens with zero attached hydrogens (tertiary/aromatic N) is 2. The zero-order valence-corrected chi connectivity index (χ0v) is 15.5. The lowest BCUT2D eigenvalue weighted by molar-refractivity contribution is -0.119. The first-order valence-corrected chi connectivity index (χ1v) is 9.14. The minimum Gasteiger partial charge on any atom is -0.522 e. The summed E-state index contributed by atoms with van der Waals surface area (Å²) in [4.78, 5) is 21.4. The number of carbonyl (C=O) groups is 1. The van der Waals surface area contributed by atoms with Gasteiger partial charge in [-0.25, -0.2) is 4.99 Å². The van der Waals surface area contributed by atoms with Gasteiger partial charge >= 0.3 is 7.12 Å². The normalized spacial score (nSPS) is 14.2. The standard InChI is InChI=1S/C21H20BN3O3/c1-13-25-20-10-16(4-5-19(20)22(27)28-13)18(11-23)21(26)9-14-2-3-17-12-24-7-6-15(17)8-14/h2-8,10,12,18,27H,9,11,23H2,1H3/t18-/m1/s1. The lowest BCUT2D eigenvalue weighted by Gasteiger charge is -2.20. The van der Waals surface area contributed by atoms with Crippen molar-refractivity contribution < 1.29 is 14.5 Å². The SMILES string of the molecule is CC1=Nc2cc([C@@H](CN)C(=O)Cc3ccc4cnccc4c3)ccc2B(O)O1. The third-order valence-electron chi connectivity index (χ3n) is 4.99. The van der Waals surface area contributed by atoms with Gasteiger partial charge in [0.15, 0.2) is 5.90 Å². The van der Waals surface area contributed by atoms with Crippen LogP contribution in [-0.2, 0) is 15.9 Å². The van der Waals surface area contributed by atoms with E-state index in [2.05, 4.69) is 9.98 Å². The van der Waals surface area contributed by atoms with Crippen LogP contribution in [0.15, 0.2) is 59.9 Å². The van der Waals surface area contributed by atoms with Crippen LogP contribution in [0.25, 0.3) is 10.8 Å². The van der Waals surface area contributed by atoms with Gasteiger partial charge in [0.25, 0.3) is 0 Å². The molecule has 6 nitrogen and oxygen atoms in total. The van der Waals surface area contributed by atoms with Crippen LogP contribution < -0.4 is 11.2 Å². The maximum Gasteiger partial charge on any atom is 0.563 e. The van der Waals surface area contributed by atoms with E-state index in [1.54, 1.807) is 25.4 Å². The van der Waals surface area contributed by atoms with Crippen LogP contribution in [0, 0.1) is 0 Å². The van der Waals surface area contributed by atoms with Crippen LogP contribution in [0.2, 0.25) is 0 Å². The number of nitrogens with two attached hydrogens (primary N) is 1. The minimum absolute atomic E-state index is 0.0455. The predicted octanol–water partition coefficient (Wildman–Crippen LogP) is 1.86. The van der Waals surface area contributed by atoms with E-state index in [1.807, 2.05) is 36.4 Å². The predicted molar refractivity (Wildman–Crippen MR) is 110 cm³/mol. The summed E-state index contributed by atoms with van der Waals surface area (Å²) in [6.45, 7) is 1.89. The topological polar surface area (TPSA) is 97.8 Å². The Labute approximate surface area is 163 Å². The molecule has 0 radical (unpaired) electrons. The molecule has 7 heteroatoms. The van der Waals surface area contributed by atoms with Crippen molar-refractivity contribution in [2.45, 2.75) is 19.3 Å². The van der Waals surface area contributed by atoms with E-state index in [9.17, 15) is 9.82 Å². The van der Waals surface area contributed by atoms with Gasteiger partial charge in [-0.05, 0) is 28.6 Å². The van der Waals surface area contributed by atoms with Crippen LogP contribution in [-0.4, -0.2) is 35.4 Å². The highest BCUT2D eigenvalue weighted by Crippen LogP contribution is 2.25. The minimum atomic E-state index is -1.04. The lowest BCUT2D eigenvalue weighted by atomic mass is 9.76. The average molecular weight is 373 g/mol. The maximum atomic E-state index is 13.0. The van der Waals surface area contributed by atoms with Crippen LogP contribution in [0.4, 0.5) is 5.69 Å². The van der Waals surface area contributed by atoms with E-state index >= 15 is 0 Å². The first-order chi connectivity index (χ1) is 13.5. The Kier molecular flexibility index (Phi) is 4.94. The smallest absolute Gasteiger partial charge is 0.522 e. The number of aliphatic imine (C=N–C) groups is 1. The van der Waals surface area contributed by atoms with E-state index in [0.29, 0.717) is 23.5 Å². The maximum absolute atomic E-state index is 13.0. The number of aromatic nitrogens is 1. The van der Waals surface area contributed by atoms with Gasteiger partial charge in [0.2, 0.25) is 0 Å². The summed E-state index contributed by atoms with van der Waals surface area (Å²) >= 11 is 0. The van der Waals surface area contributed by atoms with Gasteiger partial charge in [-0.1, -0.05) is 30.3 Å². The third-order valence-corrected chi connectivity index (χ3v) is 4.99. The molecule has 0 fully saturated rings. The van der Waals surface area contributed by atoms with Crippen LogP contribution in [0.5, 0.6) is 0 Å². The van der Waals surface area contributed by atoms with E-state index in [-0.39, 0.29) is 12.3 Å². The Hall–Kier alpha value is -3.03. The number of hydrogen-bond acceptors (Lipinski definition) is 6. The van der Waals surface area contributed by atoms with Crippen molar-refractivity contribution in [3.8, 4) is 0 Å². The van der Waals surface area contributed by atoms with E-state index < -0.39 is 13.0 Å². The molecule has 2 heterocycles. The highest BCUT2D eigenvalue weighted by atomic mass is 16.5. The Morgan fingerprint density at radius 2 is 2.07 bits per heavy atom. The fraction of sp³-hybridized carbons (Fsp3) is 0.190. The highest BCUT2D eigenvalue weighted by Gasteiger charge is 2.28. The summed E-state index contributed by atoms with van der Waals surface area (Å²) in [6.07, 6.45) is 3.84. The quantitative estimate of drug-likeness (QED) is 0.666. The molecule has 0 saturated carbocycles. The summed E-state index contributed by atoms with van der Waals surface area (Å²) in [5, 5.41) is 12.1. The summed E-state index contributed by atoms with van der Waals surface area (Å²) in [5.41, 5.74) is 8.87. The van der Waals surface area contributed by atoms with Gasteiger partial charge in [-0.2, -0.15) is 0 Å². The molecule has 0 aliphatic carbocycles. The molecule has 1 atom stereocenters. The van der Waals surface area contributed by atoms with Gasteiger partial charge in [-0.3, -0.25) is 9.78 Å². The molecular formula is C21H20BN3O3. The first kappa shape index (κ1) is 18.3. The third kappa shape index (κ3) is 3.54. The van der Waals surface area contributed by atoms with E-state index in [1.165, 1.54) is 0 Å². The highest BCUT2D eigenvalue weighted by molar-refractivity contribution is 6.64. The van der Waals surface area contributed by atoms with Crippen LogP contribution in [0.1, 0.15) is 24.0 Å². The number of pyridine rings is 1. The van der Waals surface area contributed by atoms with Crippen molar-refractivity contribution in [2.75, 3.05) is 6.54 Å². The number of rotatable bonds is 5. The van der Waals surface area contributed by atoms with E-state index in [0.717, 1.165) is 21.9 Å². The lowest BCUT2D eigenvalue weighted by Crippen LogP contribution is -2.38. The molecule has 1 aliphatic heterocycles. The molecule has 140 valence electrons. The van der Waals surface area contributed by atoms with Crippen molar-refractivity contribution in [1.29, 1.82) is 0 Å². The second-order valence-corrected chi connectivity index (χ2v) is 6.91. The van der Waals surface area contributed by atoms with Crippen molar-refractivity contribution in [2.24, 2.45) is 10.7 Å². The average Bonchev–Trinajstić information content (AvgIpc) is 2.68. The summed E-state index contributed by atoms with van der Waals surface area (Å²) in [6, 6.07) is 13.2. The van der Waals surface area contributed by atoms with Gasteiger partial charge in [0, 0.05) is 43.1 Å². The van der Waals surface area contributed by atoms with Crippen molar-refractivity contribution in [1.82, 2.24) is 4.98 Å². The molecule has 2 aromatic carbocycles. The van der Waals surface area contributed by atoms with Gasteiger partial charge in [0.05, 0.1) is 11.6 Å². The number of fused-ring (bicyclic) bond motifs is 2. The largest absolute Gasteiger partial charge is 0.563 e. The molecule has 0 bridgehead atoms. The molecule has 0 amide bonds. The Balaban J connectivity index is 1.60. The van der Waals surface area contributed by atoms with Crippen LogP contribution in [0.3, 0.4) is 0 Å². The van der Waals surface area contributed by atoms with Gasteiger partial charge in [0.1, 0.15) is 5.78 Å². The van der Waals surface area contributed by atoms with Crippen LogP contribution >= 0.6 is 0 Å². The summed E-state index contributed by atoms with van der Waals surface area (Å²) < 4.78 is 5.21. The second-order valence-electron chi connectivity index (χ2n) is 6.91. The molecule has 1 aliphatic rings. The molecule has 28 heavy (non-hydrogen) atoms. The number of hydrogen-bond donors (Lipinski definition) is 2. The second kappa shape index (κ2) is 7.54. The molecular weight excluding hydrogens is 353 g/mol. The fourth-order valence-electron chi connectivity index (χ4n) is 3.52. The van der Waals surface area contributed by atoms with E-state index in [4.69, 9.17) is 10.4 Å². The molecule has 3 aromatic rings. The summed E-state index contributed by atoms with van der Waals surface area (Å²) in [7, 11) is -1.04. The number of ketones is 1. The monoisotopic (exact) mass is 373 g/mol. The van der Waals surface area contributed by atoms with Crippen molar-refractivity contribution in [3.63, 3.8) is 0 Å². The van der Waals surface area contributed by atoms with Crippen molar-refractivity contribution in [3.05, 3.63) is 66.0 Å². The fourth-order valence-corrected chi connectivity index (χ4v) is 3.52. The Bertz CT molecular complexity index is 1080. The van der Waals surface area contributed by atoms with Crippen molar-refractivity contribution >= 4 is 40.7 Å². The molecule has 4 rings (SSSR count). The molecule has 1 aromatic heterocycles. The number of Topliss-reactive ketones (excluding diaryl/α,β-unsaturated/α-hetero) is 1. The van der Waals surface area contributed by atoms with Gasteiger partial charge in [-0.15, -0.1) is 0 Å². The number of carbonyl (C=O) groups excluding carboxylic acids is 1. The molecule has 0 saturated heterocycles. The van der Waals surface area contributed by atoms with Gasteiger partial charge < -0.3 is 15.4 Å². The zero-order chi connectivity index (χ0) is 19.7. The summed E-state index contributed by atoms with van der Waals surface area (Å²) in [5.74, 6) is -0.00322. The number of benzene rings is 2. The molecule has 0 spiro atoms. The first-order valence-electron chi connectivity index (χ1n) is 9.14. The Morgan fingerprint density at radius 3 is 2.89 bits per heavy atom. The zero-order valence-electron chi connectivity index (χ0n) is 15.5.